The lowest BCUT2D eigenvalue weighted by Gasteiger charge is -2.19. The molecule has 70 valence electrons. The van der Waals surface area contributed by atoms with Gasteiger partial charge in [-0.15, -0.1) is 0 Å². The van der Waals surface area contributed by atoms with Crippen molar-refractivity contribution in [3.63, 3.8) is 0 Å². The number of hydrogen-bond acceptors (Lipinski definition) is 3. The van der Waals surface area contributed by atoms with E-state index in [9.17, 15) is 9.59 Å². The Balaban J connectivity index is 3.02. The van der Waals surface area contributed by atoms with Crippen LogP contribution in [0.2, 0.25) is 0 Å². The number of hydrogen-bond donors (Lipinski definition) is 0. The van der Waals surface area contributed by atoms with Crippen LogP contribution < -0.4 is 0 Å². The van der Waals surface area contributed by atoms with Crippen LogP contribution in [0.3, 0.4) is 0 Å². The molecule has 0 amide bonds. The van der Waals surface area contributed by atoms with Gasteiger partial charge in [-0.2, -0.15) is 0 Å². The summed E-state index contributed by atoms with van der Waals surface area (Å²) in [5.74, 6) is -0.853. The molecule has 0 saturated heterocycles. The predicted molar refractivity (Wildman–Crippen MR) is 48.0 cm³/mol. The second-order valence-corrected chi connectivity index (χ2v) is 3.57. The Hall–Kier alpha value is -1.38. The molecule has 0 spiro atoms. The van der Waals surface area contributed by atoms with Crippen LogP contribution in [0.5, 0.6) is 0 Å². The van der Waals surface area contributed by atoms with Crippen molar-refractivity contribution in [2.24, 2.45) is 5.41 Å². The van der Waals surface area contributed by atoms with Gasteiger partial charge in [0.15, 0.2) is 5.78 Å². The lowest BCUT2D eigenvalue weighted by molar-refractivity contribution is -0.137. The fourth-order valence-corrected chi connectivity index (χ4v) is 1.14. The van der Waals surface area contributed by atoms with Crippen molar-refractivity contribution in [2.45, 2.75) is 13.8 Å². The molecule has 0 aromatic carbocycles. The molecule has 0 radical (unpaired) electrons. The van der Waals surface area contributed by atoms with Gasteiger partial charge < -0.3 is 4.74 Å². The molecule has 1 rings (SSSR count). The van der Waals surface area contributed by atoms with Crippen LogP contribution >= 0.6 is 0 Å². The van der Waals surface area contributed by atoms with E-state index in [1.54, 1.807) is 12.2 Å². The molecule has 1 aliphatic carbocycles. The Labute approximate surface area is 77.1 Å². The van der Waals surface area contributed by atoms with Crippen LogP contribution in [-0.4, -0.2) is 18.9 Å². The number of esters is 1. The van der Waals surface area contributed by atoms with Gasteiger partial charge in [-0.05, 0) is 6.08 Å². The van der Waals surface area contributed by atoms with Gasteiger partial charge in [0.25, 0.3) is 0 Å². The van der Waals surface area contributed by atoms with Gasteiger partial charge in [-0.25, -0.2) is 4.79 Å². The average molecular weight is 180 g/mol. The highest BCUT2D eigenvalue weighted by molar-refractivity contribution is 6.22. The predicted octanol–water partition coefficient (Wildman–Crippen LogP) is 1.25. The largest absolute Gasteiger partial charge is 0.465 e. The van der Waals surface area contributed by atoms with Crippen molar-refractivity contribution in [3.05, 3.63) is 23.8 Å². The highest BCUT2D eigenvalue weighted by Gasteiger charge is 2.25. The van der Waals surface area contributed by atoms with Crippen molar-refractivity contribution >= 4 is 11.8 Å². The van der Waals surface area contributed by atoms with Crippen LogP contribution in [0.1, 0.15) is 13.8 Å². The summed E-state index contributed by atoms with van der Waals surface area (Å²) in [6.07, 6.45) is 4.80. The SMILES string of the molecule is COC(=O)C1=CC(C)(C)C=CC1=O. The Bertz CT molecular complexity index is 308. The molecule has 0 unspecified atom stereocenters. The molecule has 0 aromatic rings. The van der Waals surface area contributed by atoms with Crippen molar-refractivity contribution < 1.29 is 14.3 Å². The van der Waals surface area contributed by atoms with E-state index in [-0.39, 0.29) is 16.8 Å². The topological polar surface area (TPSA) is 43.4 Å². The molecule has 0 N–H and O–H groups in total. The van der Waals surface area contributed by atoms with Crippen molar-refractivity contribution in [3.8, 4) is 0 Å². The number of allylic oxidation sites excluding steroid dienone is 3. The molecule has 0 aliphatic heterocycles. The number of ether oxygens (including phenoxy) is 1. The Morgan fingerprint density at radius 1 is 1.46 bits per heavy atom. The van der Waals surface area contributed by atoms with Crippen molar-refractivity contribution in [1.29, 1.82) is 0 Å². The second kappa shape index (κ2) is 3.17. The van der Waals surface area contributed by atoms with E-state index in [2.05, 4.69) is 4.74 Å². The summed E-state index contributed by atoms with van der Waals surface area (Å²) < 4.78 is 4.49. The van der Waals surface area contributed by atoms with Gasteiger partial charge in [-0.3, -0.25) is 4.79 Å². The third kappa shape index (κ3) is 2.05. The maximum Gasteiger partial charge on any atom is 0.341 e. The maximum atomic E-state index is 11.2. The number of rotatable bonds is 1. The van der Waals surface area contributed by atoms with E-state index < -0.39 is 5.97 Å². The normalized spacial score (nSPS) is 19.6. The van der Waals surface area contributed by atoms with E-state index in [0.717, 1.165) is 0 Å². The summed E-state index contributed by atoms with van der Waals surface area (Å²) in [6, 6.07) is 0. The van der Waals surface area contributed by atoms with Gasteiger partial charge in [0, 0.05) is 5.41 Å². The van der Waals surface area contributed by atoms with Gasteiger partial charge in [0.2, 0.25) is 0 Å². The fourth-order valence-electron chi connectivity index (χ4n) is 1.14. The molecule has 0 aromatic heterocycles. The standard InChI is InChI=1S/C10H12O3/c1-10(2)5-4-8(11)7(6-10)9(12)13-3/h4-6H,1-3H3. The fraction of sp³-hybridized carbons (Fsp3) is 0.400. The number of methoxy groups -OCH3 is 1. The third-order valence-corrected chi connectivity index (χ3v) is 1.85. The molecule has 0 bridgehead atoms. The molecular weight excluding hydrogens is 168 g/mol. The number of carbonyl (C=O) groups excluding carboxylic acids is 2. The molecule has 1 aliphatic rings. The first-order chi connectivity index (χ1) is 5.96. The van der Waals surface area contributed by atoms with Crippen LogP contribution in [0.15, 0.2) is 23.8 Å². The minimum Gasteiger partial charge on any atom is -0.465 e. The highest BCUT2D eigenvalue weighted by atomic mass is 16.5. The molecule has 13 heavy (non-hydrogen) atoms. The highest BCUT2D eigenvalue weighted by Crippen LogP contribution is 2.25. The molecule has 0 fully saturated rings. The minimum absolute atomic E-state index is 0.120. The van der Waals surface area contributed by atoms with Crippen LogP contribution in [-0.2, 0) is 14.3 Å². The smallest absolute Gasteiger partial charge is 0.341 e. The third-order valence-electron chi connectivity index (χ3n) is 1.85. The van der Waals surface area contributed by atoms with Gasteiger partial charge in [0.05, 0.1) is 7.11 Å². The average Bonchev–Trinajstić information content (AvgIpc) is 2.08. The lowest BCUT2D eigenvalue weighted by atomic mass is 9.85. The zero-order valence-electron chi connectivity index (χ0n) is 7.96. The summed E-state index contributed by atoms with van der Waals surface area (Å²) in [5, 5.41) is 0. The summed E-state index contributed by atoms with van der Waals surface area (Å²) in [6.45, 7) is 3.83. The van der Waals surface area contributed by atoms with Crippen molar-refractivity contribution in [2.75, 3.05) is 7.11 Å². The van der Waals surface area contributed by atoms with Gasteiger partial charge in [0.1, 0.15) is 5.57 Å². The second-order valence-electron chi connectivity index (χ2n) is 3.57. The zero-order chi connectivity index (χ0) is 10.1. The van der Waals surface area contributed by atoms with E-state index in [1.165, 1.54) is 13.2 Å². The van der Waals surface area contributed by atoms with E-state index >= 15 is 0 Å². The summed E-state index contributed by atoms with van der Waals surface area (Å²) in [7, 11) is 1.27. The zero-order valence-corrected chi connectivity index (χ0v) is 7.96. The molecule has 0 atom stereocenters. The molecule has 3 nitrogen and oxygen atoms in total. The molecule has 0 saturated carbocycles. The number of ketones is 1. The quantitative estimate of drug-likeness (QED) is 0.450. The molecular formula is C10H12O3. The van der Waals surface area contributed by atoms with E-state index in [4.69, 9.17) is 0 Å². The van der Waals surface area contributed by atoms with Gasteiger partial charge in [-0.1, -0.05) is 26.0 Å². The summed E-state index contributed by atoms with van der Waals surface area (Å²) in [5.41, 5.74) is -0.132. The Morgan fingerprint density at radius 3 is 2.62 bits per heavy atom. The first-order valence-corrected chi connectivity index (χ1v) is 4.01. The van der Waals surface area contributed by atoms with Crippen LogP contribution in [0, 0.1) is 5.41 Å². The van der Waals surface area contributed by atoms with Crippen molar-refractivity contribution in [1.82, 2.24) is 0 Å². The molecule has 3 heteroatoms. The van der Waals surface area contributed by atoms with Crippen LogP contribution in [0.4, 0.5) is 0 Å². The van der Waals surface area contributed by atoms with E-state index in [1.807, 2.05) is 13.8 Å². The first kappa shape index (κ1) is 9.71. The monoisotopic (exact) mass is 180 g/mol. The Kier molecular flexibility index (Phi) is 2.36. The van der Waals surface area contributed by atoms with E-state index in [0.29, 0.717) is 0 Å². The molecule has 0 heterocycles. The first-order valence-electron chi connectivity index (χ1n) is 4.01. The summed E-state index contributed by atoms with van der Waals surface area (Å²) >= 11 is 0. The Morgan fingerprint density at radius 2 is 2.08 bits per heavy atom. The lowest BCUT2D eigenvalue weighted by Crippen LogP contribution is -2.20. The van der Waals surface area contributed by atoms with Crippen LogP contribution in [0.25, 0.3) is 0 Å². The van der Waals surface area contributed by atoms with Gasteiger partial charge >= 0.3 is 5.97 Å². The number of carbonyl (C=O) groups is 2. The minimum atomic E-state index is -0.567. The summed E-state index contributed by atoms with van der Waals surface area (Å²) in [4.78, 5) is 22.3. The maximum absolute atomic E-state index is 11.2.